The number of hydrogen-bond acceptors (Lipinski definition) is 4. The van der Waals surface area contributed by atoms with Gasteiger partial charge in [0.25, 0.3) is 0 Å². The third kappa shape index (κ3) is 4.26. The average molecular weight is 396 g/mol. The molecule has 0 radical (unpaired) electrons. The number of nitrogens with zero attached hydrogens (tertiary/aromatic N) is 2. The molecule has 3 rings (SSSR count). The largest absolute Gasteiger partial charge is 0.256 e. The van der Waals surface area contributed by atoms with Gasteiger partial charge in [0.1, 0.15) is 11.5 Å². The molecule has 4 nitrogen and oxygen atoms in total. The molecule has 28 heavy (non-hydrogen) atoms. The van der Waals surface area contributed by atoms with Gasteiger partial charge in [-0.3, -0.25) is 4.98 Å². The van der Waals surface area contributed by atoms with E-state index >= 15 is 0 Å². The van der Waals surface area contributed by atoms with Crippen molar-refractivity contribution in [2.75, 3.05) is 0 Å². The number of sulfone groups is 1. The molecule has 0 aliphatic rings. The first kappa shape index (κ1) is 19.7. The quantitative estimate of drug-likeness (QED) is 0.615. The first-order chi connectivity index (χ1) is 13.3. The lowest BCUT2D eigenvalue weighted by atomic mass is 10.1. The summed E-state index contributed by atoms with van der Waals surface area (Å²) in [4.78, 5) is 9.16. The lowest BCUT2D eigenvalue weighted by Crippen LogP contribution is -2.13. The Morgan fingerprint density at radius 1 is 1.00 bits per heavy atom. The van der Waals surface area contributed by atoms with E-state index in [-0.39, 0.29) is 12.1 Å². The van der Waals surface area contributed by atoms with E-state index in [1.54, 1.807) is 56.4 Å². The van der Waals surface area contributed by atoms with Crippen molar-refractivity contribution >= 4 is 9.84 Å². The van der Waals surface area contributed by atoms with Gasteiger partial charge < -0.3 is 0 Å². The fourth-order valence-corrected chi connectivity index (χ4v) is 3.52. The maximum absolute atomic E-state index is 13.0. The molecule has 6 heteroatoms. The number of hydrogen-bond donors (Lipinski definition) is 0. The molecule has 1 heterocycles. The van der Waals surface area contributed by atoms with Gasteiger partial charge in [-0.1, -0.05) is 18.1 Å². The zero-order chi connectivity index (χ0) is 20.3. The molecule has 144 valence electrons. The number of rotatable bonds is 3. The summed E-state index contributed by atoms with van der Waals surface area (Å²) in [6, 6.07) is 12.5. The molecule has 2 aromatic carbocycles. The van der Waals surface area contributed by atoms with E-state index in [1.165, 1.54) is 12.1 Å². The summed E-state index contributed by atoms with van der Waals surface area (Å²) in [5.41, 5.74) is 3.22. The van der Waals surface area contributed by atoms with Crippen LogP contribution in [0.25, 0.3) is 11.3 Å². The fourth-order valence-electron chi connectivity index (χ4n) is 2.46. The van der Waals surface area contributed by atoms with E-state index in [9.17, 15) is 12.8 Å². The van der Waals surface area contributed by atoms with E-state index in [0.29, 0.717) is 22.6 Å². The zero-order valence-electron chi connectivity index (χ0n) is 15.8. The van der Waals surface area contributed by atoms with Gasteiger partial charge >= 0.3 is 0 Å². The Hall–Kier alpha value is -3.04. The standard InChI is InChI=1S/C22H19FN2O2S.H2/c1-15(2)28(26,27)20-11-7-18(8-12-20)22-14-24-16(3)21(25-22)13-6-17-4-9-19(23)10-5-17;/h4-5,7-12,14-15H,1-3H3;1H. The van der Waals surface area contributed by atoms with E-state index in [4.69, 9.17) is 0 Å². The van der Waals surface area contributed by atoms with Gasteiger partial charge in [-0.05, 0) is 63.1 Å². The number of benzene rings is 2. The summed E-state index contributed by atoms with van der Waals surface area (Å²) in [7, 11) is -3.32. The molecule has 0 spiro atoms. The topological polar surface area (TPSA) is 59.9 Å². The Labute approximate surface area is 165 Å². The molecule has 0 amide bonds. The lowest BCUT2D eigenvalue weighted by Gasteiger charge is -2.09. The van der Waals surface area contributed by atoms with Crippen LogP contribution in [0.5, 0.6) is 0 Å². The second-order valence-corrected chi connectivity index (χ2v) is 9.07. The number of halogens is 1. The predicted molar refractivity (Wildman–Crippen MR) is 109 cm³/mol. The second kappa shape index (κ2) is 7.91. The Balaban J connectivity index is 0.00000300. The van der Waals surface area contributed by atoms with Crippen molar-refractivity contribution < 1.29 is 14.2 Å². The van der Waals surface area contributed by atoms with Crippen molar-refractivity contribution in [1.82, 2.24) is 9.97 Å². The highest BCUT2D eigenvalue weighted by Crippen LogP contribution is 2.22. The summed E-state index contributed by atoms with van der Waals surface area (Å²) in [6.45, 7) is 5.12. The summed E-state index contributed by atoms with van der Waals surface area (Å²) in [5, 5.41) is -0.481. The van der Waals surface area contributed by atoms with E-state index in [2.05, 4.69) is 21.8 Å². The van der Waals surface area contributed by atoms with Gasteiger partial charge in [-0.15, -0.1) is 0 Å². The third-order valence-electron chi connectivity index (χ3n) is 4.22. The molecule has 0 aliphatic carbocycles. The van der Waals surface area contributed by atoms with E-state index < -0.39 is 15.1 Å². The van der Waals surface area contributed by atoms with Crippen LogP contribution in [0.3, 0.4) is 0 Å². The van der Waals surface area contributed by atoms with Crippen molar-refractivity contribution in [3.8, 4) is 23.1 Å². The molecule has 0 saturated carbocycles. The lowest BCUT2D eigenvalue weighted by molar-refractivity contribution is 0.587. The molecule has 0 bridgehead atoms. The van der Waals surface area contributed by atoms with Gasteiger partial charge in [0.2, 0.25) is 0 Å². The maximum Gasteiger partial charge on any atom is 0.180 e. The molecule has 0 atom stereocenters. The average Bonchev–Trinajstić information content (AvgIpc) is 2.68. The molecule has 0 N–H and O–H groups in total. The molecule has 1 aromatic heterocycles. The Morgan fingerprint density at radius 2 is 1.64 bits per heavy atom. The van der Waals surface area contributed by atoms with Crippen LogP contribution < -0.4 is 0 Å². The van der Waals surface area contributed by atoms with Crippen LogP contribution in [0.2, 0.25) is 0 Å². The van der Waals surface area contributed by atoms with Crippen LogP contribution in [-0.4, -0.2) is 23.6 Å². The molecule has 0 saturated heterocycles. The first-order valence-electron chi connectivity index (χ1n) is 8.73. The number of aryl methyl sites for hydroxylation is 1. The number of aromatic nitrogens is 2. The monoisotopic (exact) mass is 396 g/mol. The van der Waals surface area contributed by atoms with Crippen molar-refractivity contribution in [1.29, 1.82) is 0 Å². The highest BCUT2D eigenvalue weighted by atomic mass is 32.2. The molecule has 0 unspecified atom stereocenters. The van der Waals surface area contributed by atoms with E-state index in [0.717, 1.165) is 5.56 Å². The zero-order valence-corrected chi connectivity index (χ0v) is 16.6. The van der Waals surface area contributed by atoms with Crippen molar-refractivity contribution in [2.24, 2.45) is 0 Å². The van der Waals surface area contributed by atoms with Gasteiger partial charge in [-0.25, -0.2) is 17.8 Å². The predicted octanol–water partition coefficient (Wildman–Crippen LogP) is 4.42. The highest BCUT2D eigenvalue weighted by Gasteiger charge is 2.19. The van der Waals surface area contributed by atoms with Crippen LogP contribution in [-0.2, 0) is 9.84 Å². The summed E-state index contributed by atoms with van der Waals surface area (Å²) in [5.74, 6) is 5.60. The van der Waals surface area contributed by atoms with Crippen molar-refractivity contribution in [2.45, 2.75) is 30.9 Å². The summed E-state index contributed by atoms with van der Waals surface area (Å²) in [6.07, 6.45) is 1.63. The minimum atomic E-state index is -3.32. The molecular formula is C22H21FN2O2S. The minimum Gasteiger partial charge on any atom is -0.256 e. The Bertz CT molecular complexity index is 1160. The van der Waals surface area contributed by atoms with Crippen LogP contribution >= 0.6 is 0 Å². The van der Waals surface area contributed by atoms with Crippen LogP contribution in [0, 0.1) is 24.6 Å². The first-order valence-corrected chi connectivity index (χ1v) is 10.3. The molecule has 0 fully saturated rings. The van der Waals surface area contributed by atoms with Gasteiger partial charge in [0, 0.05) is 12.6 Å². The van der Waals surface area contributed by atoms with E-state index in [1.807, 2.05) is 6.92 Å². The fraction of sp³-hybridized carbons (Fsp3) is 0.182. The second-order valence-electron chi connectivity index (χ2n) is 6.56. The Morgan fingerprint density at radius 3 is 2.25 bits per heavy atom. The van der Waals surface area contributed by atoms with Crippen molar-refractivity contribution in [3.05, 3.63) is 77.5 Å². The molecule has 3 aromatic rings. The van der Waals surface area contributed by atoms with Crippen LogP contribution in [0.4, 0.5) is 4.39 Å². The van der Waals surface area contributed by atoms with Gasteiger partial charge in [0.05, 0.1) is 27.7 Å². The molecule has 0 aliphatic heterocycles. The maximum atomic E-state index is 13.0. The van der Waals surface area contributed by atoms with Gasteiger partial charge in [-0.2, -0.15) is 0 Å². The van der Waals surface area contributed by atoms with Crippen LogP contribution in [0.1, 0.15) is 32.2 Å². The minimum absolute atomic E-state index is 0. The normalized spacial score (nSPS) is 11.2. The molecular weight excluding hydrogens is 375 g/mol. The third-order valence-corrected chi connectivity index (χ3v) is 6.39. The van der Waals surface area contributed by atoms with Crippen molar-refractivity contribution in [3.63, 3.8) is 0 Å². The Kier molecular flexibility index (Phi) is 5.57. The van der Waals surface area contributed by atoms with Gasteiger partial charge in [0.15, 0.2) is 9.84 Å². The summed E-state index contributed by atoms with van der Waals surface area (Å²) < 4.78 is 37.5. The highest BCUT2D eigenvalue weighted by molar-refractivity contribution is 7.92. The van der Waals surface area contributed by atoms with Crippen LogP contribution in [0.15, 0.2) is 59.6 Å². The SMILES string of the molecule is Cc1ncc(-c2ccc(S(=O)(=O)C(C)C)cc2)nc1C#Cc1ccc(F)cc1.[HH]. The smallest absolute Gasteiger partial charge is 0.180 e. The summed E-state index contributed by atoms with van der Waals surface area (Å²) >= 11 is 0.